The third kappa shape index (κ3) is 20.4. The van der Waals surface area contributed by atoms with Crippen LogP contribution in [0.3, 0.4) is 0 Å². The fraction of sp³-hybridized carbons (Fsp3) is 0.877. The van der Waals surface area contributed by atoms with Crippen molar-refractivity contribution in [3.8, 4) is 0 Å². The molecule has 0 amide bonds. The fourth-order valence-electron chi connectivity index (χ4n) is 12.8. The summed E-state index contributed by atoms with van der Waals surface area (Å²) in [7, 11) is 1.30. The van der Waals surface area contributed by atoms with Gasteiger partial charge in [-0.25, -0.2) is 4.57 Å². The highest BCUT2D eigenvalue weighted by Gasteiger charge is 2.59. The van der Waals surface area contributed by atoms with Crippen molar-refractivity contribution in [2.24, 2.45) is 46.3 Å². The summed E-state index contributed by atoms with van der Waals surface area (Å²) in [5.41, 5.74) is 2.03. The first kappa shape index (κ1) is 59.5. The van der Waals surface area contributed by atoms with Crippen LogP contribution in [-0.2, 0) is 42.2 Å². The lowest BCUT2D eigenvalue weighted by Crippen LogP contribution is -2.51. The van der Waals surface area contributed by atoms with Gasteiger partial charge >= 0.3 is 25.7 Å². The predicted octanol–water partition coefficient (Wildman–Crippen LogP) is 14.1. The lowest BCUT2D eigenvalue weighted by molar-refractivity contribution is -0.870. The summed E-state index contributed by atoms with van der Waals surface area (Å²) in [6, 6.07) is 0. The van der Waals surface area contributed by atoms with Gasteiger partial charge in [-0.1, -0.05) is 136 Å². The van der Waals surface area contributed by atoms with Crippen LogP contribution in [0.15, 0.2) is 23.8 Å². The minimum absolute atomic E-state index is 0.0218. The van der Waals surface area contributed by atoms with Gasteiger partial charge in [-0.2, -0.15) is 0 Å². The number of fused-ring (bicyclic) bond motifs is 5. The maximum atomic E-state index is 13.2. The molecule has 69 heavy (non-hydrogen) atoms. The number of esters is 3. The van der Waals surface area contributed by atoms with Gasteiger partial charge < -0.3 is 23.6 Å². The maximum Gasteiger partial charge on any atom is 0.472 e. The van der Waals surface area contributed by atoms with Gasteiger partial charge in [0.05, 0.1) is 40.6 Å². The number of carbonyl (C=O) groups is 3. The van der Waals surface area contributed by atoms with E-state index in [1.54, 1.807) is 0 Å². The molecule has 1 unspecified atom stereocenters. The number of carbonyl (C=O) groups excluding carboxylic acids is 3. The Kier molecular flexibility index (Phi) is 25.5. The summed E-state index contributed by atoms with van der Waals surface area (Å²) >= 11 is 0. The number of phosphoric ester groups is 1. The summed E-state index contributed by atoms with van der Waals surface area (Å²) < 4.78 is 40.6. The number of unbranched alkanes of at least 4 members (excludes halogenated alkanes) is 11. The number of allylic oxidation sites excluding steroid dienone is 3. The maximum absolute atomic E-state index is 13.2. The third-order valence-corrected chi connectivity index (χ3v) is 17.9. The van der Waals surface area contributed by atoms with Gasteiger partial charge in [0.25, 0.3) is 0 Å². The van der Waals surface area contributed by atoms with Crippen LogP contribution in [0.2, 0.25) is 0 Å². The van der Waals surface area contributed by atoms with Gasteiger partial charge in [0.1, 0.15) is 25.9 Å². The molecule has 4 rings (SSSR count). The average Bonchev–Trinajstić information content (AvgIpc) is 3.64. The normalized spacial score (nSPS) is 27.5. The van der Waals surface area contributed by atoms with Crippen molar-refractivity contribution in [2.75, 3.05) is 47.5 Å². The van der Waals surface area contributed by atoms with Crippen LogP contribution in [0, 0.1) is 46.3 Å². The van der Waals surface area contributed by atoms with E-state index in [0.717, 1.165) is 93.8 Å². The average molecular weight is 991 g/mol. The molecule has 4 aliphatic rings. The number of phosphoric acid groups is 1. The molecular formula is C57H101NO10P+. The van der Waals surface area contributed by atoms with Crippen molar-refractivity contribution in [3.63, 3.8) is 0 Å². The Morgan fingerprint density at radius 1 is 0.768 bits per heavy atom. The molecule has 0 aromatic heterocycles. The number of nitrogens with zero attached hydrogens (tertiary/aromatic N) is 1. The number of hydrogen-bond acceptors (Lipinski definition) is 9. The van der Waals surface area contributed by atoms with Crippen LogP contribution in [0.5, 0.6) is 0 Å². The zero-order chi connectivity index (χ0) is 50.5. The Morgan fingerprint density at radius 3 is 2.12 bits per heavy atom. The molecule has 3 fully saturated rings. The quantitative estimate of drug-likeness (QED) is 0.0166. The van der Waals surface area contributed by atoms with Crippen LogP contribution in [0.4, 0.5) is 0 Å². The fourth-order valence-corrected chi connectivity index (χ4v) is 13.5. The van der Waals surface area contributed by atoms with E-state index in [2.05, 4.69) is 59.8 Å². The Morgan fingerprint density at radius 2 is 1.43 bits per heavy atom. The molecular weight excluding hydrogens is 890 g/mol. The SMILES string of the molecule is CCCCCCCC/C=C/CCCCCCCC(=O)OC[C@@H](COP(=O)(O)OCC[N+](C)(C)C)OC(=O)CCC(=O)O[C@H]1CC[C@@]2(C)C(=CC[C@H]3[C@@H]4CC[C@H]([C@H](C)CCCC(C)C)[C@@]4(C)CC[C@@H]32)C1. The molecule has 12 heteroatoms. The number of rotatable bonds is 34. The molecule has 0 saturated heterocycles. The molecule has 0 heterocycles. The van der Waals surface area contributed by atoms with Crippen LogP contribution < -0.4 is 0 Å². The molecule has 0 aromatic carbocycles. The molecule has 0 aliphatic heterocycles. The van der Waals surface area contributed by atoms with E-state index in [4.69, 9.17) is 23.3 Å². The van der Waals surface area contributed by atoms with E-state index in [0.29, 0.717) is 28.8 Å². The monoisotopic (exact) mass is 991 g/mol. The number of ether oxygens (including phenoxy) is 3. The number of likely N-dealkylation sites (N-methyl/N-ethyl adjacent to an activating group) is 1. The van der Waals surface area contributed by atoms with E-state index in [-0.39, 0.29) is 44.0 Å². The van der Waals surface area contributed by atoms with Gasteiger partial charge in [-0.05, 0) is 123 Å². The van der Waals surface area contributed by atoms with Gasteiger partial charge in [-0.15, -0.1) is 0 Å². The number of quaternary nitrogens is 1. The highest BCUT2D eigenvalue weighted by molar-refractivity contribution is 7.47. The molecule has 398 valence electrons. The van der Waals surface area contributed by atoms with Crippen LogP contribution >= 0.6 is 7.82 Å². The highest BCUT2D eigenvalue weighted by atomic mass is 31.2. The zero-order valence-corrected chi connectivity index (χ0v) is 46.2. The molecule has 0 aromatic rings. The topological polar surface area (TPSA) is 135 Å². The van der Waals surface area contributed by atoms with Gasteiger partial charge in [0.2, 0.25) is 0 Å². The van der Waals surface area contributed by atoms with Gasteiger partial charge in [-0.3, -0.25) is 23.4 Å². The smallest absolute Gasteiger partial charge is 0.462 e. The summed E-state index contributed by atoms with van der Waals surface area (Å²) in [6.07, 6.45) is 33.6. The Balaban J connectivity index is 1.19. The van der Waals surface area contributed by atoms with Crippen LogP contribution in [0.25, 0.3) is 0 Å². The van der Waals surface area contributed by atoms with E-state index < -0.39 is 38.4 Å². The van der Waals surface area contributed by atoms with E-state index in [9.17, 15) is 23.8 Å². The van der Waals surface area contributed by atoms with E-state index in [1.807, 2.05) is 21.1 Å². The molecule has 10 atom stereocenters. The highest BCUT2D eigenvalue weighted by Crippen LogP contribution is 2.67. The molecule has 0 bridgehead atoms. The molecule has 0 spiro atoms. The van der Waals surface area contributed by atoms with Crippen molar-refractivity contribution in [1.82, 2.24) is 0 Å². The van der Waals surface area contributed by atoms with Crippen molar-refractivity contribution in [2.45, 2.75) is 227 Å². The lowest BCUT2D eigenvalue weighted by atomic mass is 9.47. The molecule has 11 nitrogen and oxygen atoms in total. The van der Waals surface area contributed by atoms with Crippen molar-refractivity contribution in [3.05, 3.63) is 23.8 Å². The van der Waals surface area contributed by atoms with Gasteiger partial charge in [0.15, 0.2) is 6.10 Å². The first-order chi connectivity index (χ1) is 32.8. The molecule has 1 N–H and O–H groups in total. The summed E-state index contributed by atoms with van der Waals surface area (Å²) in [6.45, 7) is 14.2. The summed E-state index contributed by atoms with van der Waals surface area (Å²) in [5.74, 6) is 2.99. The second kappa shape index (κ2) is 29.6. The van der Waals surface area contributed by atoms with Crippen LogP contribution in [-0.4, -0.2) is 87.0 Å². The molecule has 0 radical (unpaired) electrons. The summed E-state index contributed by atoms with van der Waals surface area (Å²) in [4.78, 5) is 49.4. The predicted molar refractivity (Wildman–Crippen MR) is 277 cm³/mol. The Hall–Kier alpha value is -2.04. The second-order valence-electron chi connectivity index (χ2n) is 23.9. The second-order valence-corrected chi connectivity index (χ2v) is 25.3. The minimum Gasteiger partial charge on any atom is -0.462 e. The third-order valence-electron chi connectivity index (χ3n) is 16.9. The standard InChI is InChI=1S/C57H100NO10P/c1-10-11-12-13-14-15-16-17-18-19-20-21-22-23-24-28-53(59)64-42-48(43-66-69(62,63)65-40-39-58(7,8)9)68-55(61)34-33-54(60)67-47-35-37-56(5)46(41-47)29-30-49-51-32-31-50(45(4)27-25-26-44(2)3)57(51,6)38-36-52(49)56/h17-18,29,44-45,47-52H,10-16,19-28,30-43H2,1-9H3/p+1/b18-17+/t45-,47+,48+,49+,50-,51+,52+,56+,57-/m1/s1. The molecule has 3 saturated carbocycles. The first-order valence-electron chi connectivity index (χ1n) is 28.1. The molecule has 4 aliphatic carbocycles. The summed E-state index contributed by atoms with van der Waals surface area (Å²) in [5, 5.41) is 0. The van der Waals surface area contributed by atoms with Crippen molar-refractivity contribution in [1.29, 1.82) is 0 Å². The zero-order valence-electron chi connectivity index (χ0n) is 45.3. The Labute approximate surface area is 420 Å². The lowest BCUT2D eigenvalue weighted by Gasteiger charge is -2.58. The van der Waals surface area contributed by atoms with E-state index in [1.165, 1.54) is 89.0 Å². The first-order valence-corrected chi connectivity index (χ1v) is 29.6. The van der Waals surface area contributed by atoms with Gasteiger partial charge in [0, 0.05) is 12.8 Å². The Bertz CT molecular complexity index is 1660. The van der Waals surface area contributed by atoms with Crippen molar-refractivity contribution >= 4 is 25.7 Å². The van der Waals surface area contributed by atoms with Crippen LogP contribution in [0.1, 0.15) is 215 Å². The van der Waals surface area contributed by atoms with Crippen molar-refractivity contribution < 1.29 is 51.6 Å². The minimum atomic E-state index is -4.49. The number of hydrogen-bond donors (Lipinski definition) is 1. The largest absolute Gasteiger partial charge is 0.472 e. The van der Waals surface area contributed by atoms with E-state index >= 15 is 0 Å².